The molecule has 0 amide bonds. The molecule has 0 spiro atoms. The van der Waals surface area contributed by atoms with E-state index >= 15 is 0 Å². The van der Waals surface area contributed by atoms with E-state index in [-0.39, 0.29) is 6.10 Å². The van der Waals surface area contributed by atoms with Crippen molar-refractivity contribution in [1.82, 2.24) is 14.5 Å². The predicted octanol–water partition coefficient (Wildman–Crippen LogP) is 4.42. The second-order valence-electron chi connectivity index (χ2n) is 6.15. The minimum absolute atomic E-state index is 0.283. The Hall–Kier alpha value is -2.11. The summed E-state index contributed by atoms with van der Waals surface area (Å²) in [7, 11) is 0. The zero-order valence-corrected chi connectivity index (χ0v) is 14.9. The third kappa shape index (κ3) is 3.94. The highest BCUT2D eigenvalue weighted by Gasteiger charge is 2.20. The lowest BCUT2D eigenvalue weighted by molar-refractivity contribution is 0.0954. The minimum Gasteiger partial charge on any atom is -0.376 e. The summed E-state index contributed by atoms with van der Waals surface area (Å²) in [5.41, 5.74) is 3.41. The van der Waals surface area contributed by atoms with Crippen molar-refractivity contribution >= 4 is 11.8 Å². The number of ether oxygens (including phenoxy) is 1. The Labute approximate surface area is 152 Å². The van der Waals surface area contributed by atoms with Gasteiger partial charge >= 0.3 is 0 Å². The van der Waals surface area contributed by atoms with E-state index in [1.165, 1.54) is 5.56 Å². The number of aromatic nitrogens is 3. The van der Waals surface area contributed by atoms with E-state index in [1.54, 1.807) is 11.8 Å². The van der Waals surface area contributed by atoms with E-state index in [1.807, 2.05) is 30.6 Å². The molecule has 1 saturated heterocycles. The van der Waals surface area contributed by atoms with Gasteiger partial charge in [0.1, 0.15) is 0 Å². The van der Waals surface area contributed by atoms with Crippen LogP contribution in [0.4, 0.5) is 0 Å². The van der Waals surface area contributed by atoms with Gasteiger partial charge in [-0.05, 0) is 30.5 Å². The van der Waals surface area contributed by atoms with Crippen molar-refractivity contribution in [3.63, 3.8) is 0 Å². The highest BCUT2D eigenvalue weighted by Crippen LogP contribution is 2.29. The van der Waals surface area contributed by atoms with Gasteiger partial charge in [0.05, 0.1) is 30.2 Å². The molecular formula is C20H21N3OS. The van der Waals surface area contributed by atoms with E-state index in [9.17, 15) is 0 Å². The lowest BCUT2D eigenvalue weighted by atomic mass is 10.1. The van der Waals surface area contributed by atoms with Crippen LogP contribution in [0.5, 0.6) is 0 Å². The predicted molar refractivity (Wildman–Crippen MR) is 100 cm³/mol. The molecule has 3 heterocycles. The molecule has 1 aromatic carbocycles. The van der Waals surface area contributed by atoms with Crippen LogP contribution in [-0.4, -0.2) is 27.2 Å². The molecule has 0 radical (unpaired) electrons. The summed E-state index contributed by atoms with van der Waals surface area (Å²) in [4.78, 5) is 9.10. The minimum atomic E-state index is 0.283. The van der Waals surface area contributed by atoms with Crippen LogP contribution < -0.4 is 0 Å². The zero-order valence-electron chi connectivity index (χ0n) is 14.0. The zero-order chi connectivity index (χ0) is 16.9. The average Bonchev–Trinajstić information content (AvgIpc) is 3.32. The van der Waals surface area contributed by atoms with Crippen LogP contribution in [0.1, 0.15) is 18.5 Å². The molecule has 25 heavy (non-hydrogen) atoms. The number of nitrogens with zero attached hydrogens (tertiary/aromatic N) is 3. The fourth-order valence-corrected chi connectivity index (χ4v) is 4.01. The Morgan fingerprint density at radius 3 is 2.72 bits per heavy atom. The Balaban J connectivity index is 1.60. The summed E-state index contributed by atoms with van der Waals surface area (Å²) in [6.07, 6.45) is 6.37. The van der Waals surface area contributed by atoms with Crippen molar-refractivity contribution in [2.24, 2.45) is 0 Å². The lowest BCUT2D eigenvalue weighted by Gasteiger charge is -2.16. The Morgan fingerprint density at radius 1 is 1.08 bits per heavy atom. The summed E-state index contributed by atoms with van der Waals surface area (Å²) < 4.78 is 8.17. The van der Waals surface area contributed by atoms with E-state index in [0.717, 1.165) is 48.3 Å². The molecule has 3 aromatic rings. The topological polar surface area (TPSA) is 39.9 Å². The van der Waals surface area contributed by atoms with E-state index in [0.29, 0.717) is 0 Å². The van der Waals surface area contributed by atoms with Gasteiger partial charge in [-0.3, -0.25) is 4.98 Å². The molecule has 0 unspecified atom stereocenters. The third-order valence-electron chi connectivity index (χ3n) is 4.37. The van der Waals surface area contributed by atoms with Gasteiger partial charge in [0.25, 0.3) is 0 Å². The van der Waals surface area contributed by atoms with Crippen LogP contribution in [0.3, 0.4) is 0 Å². The van der Waals surface area contributed by atoms with Crippen LogP contribution >= 0.6 is 11.8 Å². The van der Waals surface area contributed by atoms with Crippen molar-refractivity contribution < 1.29 is 4.74 Å². The van der Waals surface area contributed by atoms with Gasteiger partial charge < -0.3 is 9.30 Å². The highest BCUT2D eigenvalue weighted by molar-refractivity contribution is 7.98. The number of thioether (sulfide) groups is 1. The maximum absolute atomic E-state index is 5.86. The standard InChI is InChI=1S/C20H21N3OS/c1-2-7-16(8-3-1)19-13-22-20(23(19)14-18-10-6-12-24-18)25-15-17-9-4-5-11-21-17/h1-5,7-9,11,13,18H,6,10,12,14-15H2/t18-/m0/s1. The largest absolute Gasteiger partial charge is 0.376 e. The second-order valence-corrected chi connectivity index (χ2v) is 7.09. The maximum atomic E-state index is 5.86. The monoisotopic (exact) mass is 351 g/mol. The summed E-state index contributed by atoms with van der Waals surface area (Å²) in [5.74, 6) is 0.817. The SMILES string of the molecule is c1ccc(-c2cnc(SCc3ccccn3)n2C[C@@H]2CCCO2)cc1. The van der Waals surface area contributed by atoms with Gasteiger partial charge in [-0.1, -0.05) is 48.2 Å². The first kappa shape index (κ1) is 16.4. The van der Waals surface area contributed by atoms with Crippen LogP contribution in [0, 0.1) is 0 Å². The number of hydrogen-bond donors (Lipinski definition) is 0. The maximum Gasteiger partial charge on any atom is 0.168 e. The molecule has 128 valence electrons. The quantitative estimate of drug-likeness (QED) is 0.617. The van der Waals surface area contributed by atoms with Crippen LogP contribution in [0.2, 0.25) is 0 Å². The molecule has 1 atom stereocenters. The van der Waals surface area contributed by atoms with Gasteiger partial charge in [-0.15, -0.1) is 0 Å². The number of hydrogen-bond acceptors (Lipinski definition) is 4. The first-order valence-electron chi connectivity index (χ1n) is 8.65. The molecular weight excluding hydrogens is 330 g/mol. The molecule has 4 nitrogen and oxygen atoms in total. The average molecular weight is 351 g/mol. The second kappa shape index (κ2) is 7.85. The highest BCUT2D eigenvalue weighted by atomic mass is 32.2. The normalized spacial score (nSPS) is 17.0. The summed E-state index contributed by atoms with van der Waals surface area (Å²) in [5, 5.41) is 1.03. The molecule has 0 saturated carbocycles. The number of imidazole rings is 1. The van der Waals surface area contributed by atoms with Crippen molar-refractivity contribution in [3.8, 4) is 11.3 Å². The molecule has 1 aliphatic heterocycles. The van der Waals surface area contributed by atoms with E-state index in [2.05, 4.69) is 39.9 Å². The number of rotatable bonds is 6. The summed E-state index contributed by atoms with van der Waals surface area (Å²) in [6.45, 7) is 1.73. The van der Waals surface area contributed by atoms with E-state index < -0.39 is 0 Å². The fourth-order valence-electron chi connectivity index (χ4n) is 3.10. The van der Waals surface area contributed by atoms with Gasteiger partial charge in [0, 0.05) is 18.6 Å². The molecule has 1 fully saturated rings. The Kier molecular flexibility index (Phi) is 5.14. The molecule has 1 aliphatic rings. The number of benzene rings is 1. The Bertz CT molecular complexity index is 798. The van der Waals surface area contributed by atoms with Crippen molar-refractivity contribution in [2.75, 3.05) is 6.61 Å². The first-order chi connectivity index (χ1) is 12.4. The van der Waals surface area contributed by atoms with Crippen molar-refractivity contribution in [3.05, 3.63) is 66.6 Å². The van der Waals surface area contributed by atoms with Gasteiger partial charge in [0.2, 0.25) is 0 Å². The Morgan fingerprint density at radius 2 is 1.96 bits per heavy atom. The molecule has 2 aromatic heterocycles. The van der Waals surface area contributed by atoms with Gasteiger partial charge in [-0.2, -0.15) is 0 Å². The van der Waals surface area contributed by atoms with Crippen molar-refractivity contribution in [2.45, 2.75) is 36.4 Å². The molecule has 0 aliphatic carbocycles. The number of pyridine rings is 1. The smallest absolute Gasteiger partial charge is 0.168 e. The van der Waals surface area contributed by atoms with Gasteiger partial charge in [0.15, 0.2) is 5.16 Å². The van der Waals surface area contributed by atoms with Crippen LogP contribution in [-0.2, 0) is 17.0 Å². The molecule has 5 heteroatoms. The summed E-state index contributed by atoms with van der Waals surface area (Å²) >= 11 is 1.73. The first-order valence-corrected chi connectivity index (χ1v) is 9.64. The van der Waals surface area contributed by atoms with Crippen LogP contribution in [0.25, 0.3) is 11.3 Å². The molecule has 4 rings (SSSR count). The lowest BCUT2D eigenvalue weighted by Crippen LogP contribution is -2.16. The van der Waals surface area contributed by atoms with Crippen LogP contribution in [0.15, 0.2) is 66.1 Å². The van der Waals surface area contributed by atoms with Gasteiger partial charge in [-0.25, -0.2) is 4.98 Å². The molecule has 0 bridgehead atoms. The summed E-state index contributed by atoms with van der Waals surface area (Å²) in [6, 6.07) is 16.5. The third-order valence-corrected chi connectivity index (χ3v) is 5.40. The van der Waals surface area contributed by atoms with E-state index in [4.69, 9.17) is 9.72 Å². The fraction of sp³-hybridized carbons (Fsp3) is 0.300. The molecule has 0 N–H and O–H groups in total. The van der Waals surface area contributed by atoms with Crippen molar-refractivity contribution in [1.29, 1.82) is 0 Å².